The van der Waals surface area contributed by atoms with Crippen LogP contribution in [0.5, 0.6) is 0 Å². The highest BCUT2D eigenvalue weighted by atomic mass is 16.1. The Morgan fingerprint density at radius 2 is 1.50 bits per heavy atom. The summed E-state index contributed by atoms with van der Waals surface area (Å²) in [4.78, 5) is 18.1. The minimum Gasteiger partial charge on any atom is -0.272 e. The molecule has 0 N–H and O–H groups in total. The Kier molecular flexibility index (Phi) is 4.10. The van der Waals surface area contributed by atoms with Crippen LogP contribution in [0.1, 0.15) is 57.1 Å². The number of fused-ring (bicyclic) bond motifs is 2. The molecule has 2 unspecified atom stereocenters. The van der Waals surface area contributed by atoms with Gasteiger partial charge in [0, 0.05) is 11.1 Å². The number of amides is 1. The van der Waals surface area contributed by atoms with Crippen LogP contribution in [0.4, 0.5) is 0 Å². The summed E-state index contributed by atoms with van der Waals surface area (Å²) < 4.78 is 0. The van der Waals surface area contributed by atoms with Crippen LogP contribution in [0.15, 0.2) is 65.7 Å². The lowest BCUT2D eigenvalue weighted by Crippen LogP contribution is -2.33. The van der Waals surface area contributed by atoms with Gasteiger partial charge >= 0.3 is 0 Å². The highest BCUT2D eigenvalue weighted by molar-refractivity contribution is 6.04. The fraction of sp³-hybridized carbons (Fsp3) is 0.417. The molecule has 2 aliphatic rings. The predicted octanol–water partition coefficient (Wildman–Crippen LogP) is 5.63. The molecule has 0 heterocycles. The predicted molar refractivity (Wildman–Crippen MR) is 106 cm³/mol. The van der Waals surface area contributed by atoms with Crippen molar-refractivity contribution in [3.8, 4) is 0 Å². The molecule has 0 spiro atoms. The van der Waals surface area contributed by atoms with Crippen LogP contribution >= 0.6 is 0 Å². The first-order chi connectivity index (χ1) is 12.4. The molecule has 2 fully saturated rings. The number of carbonyl (C=O) groups is 1. The van der Waals surface area contributed by atoms with E-state index in [-0.39, 0.29) is 22.7 Å². The minimum atomic E-state index is -0.323. The van der Waals surface area contributed by atoms with Gasteiger partial charge < -0.3 is 0 Å². The number of nitrogens with zero attached hydrogens (tertiary/aromatic N) is 1. The molecule has 0 aromatic heterocycles. The number of carbonyl (C=O) groups excluding carboxylic acids is 1. The van der Waals surface area contributed by atoms with Crippen LogP contribution in [0, 0.1) is 16.7 Å². The number of hydrogen-bond donors (Lipinski definition) is 0. The molecule has 0 aliphatic heterocycles. The van der Waals surface area contributed by atoms with Gasteiger partial charge in [-0.15, -0.1) is 0 Å². The second-order valence-electron chi connectivity index (χ2n) is 8.64. The molecule has 0 saturated heterocycles. The molecule has 2 bridgehead atoms. The molecule has 2 nitrogen and oxygen atoms in total. The van der Waals surface area contributed by atoms with Crippen molar-refractivity contribution >= 4 is 11.6 Å². The van der Waals surface area contributed by atoms with Crippen molar-refractivity contribution in [3.63, 3.8) is 0 Å². The molecular weight excluding hydrogens is 318 g/mol. The summed E-state index contributed by atoms with van der Waals surface area (Å²) in [5.41, 5.74) is 3.45. The lowest BCUT2D eigenvalue weighted by atomic mass is 9.70. The maximum atomic E-state index is 13.3. The summed E-state index contributed by atoms with van der Waals surface area (Å²) in [5.74, 6) is 0.309. The van der Waals surface area contributed by atoms with Crippen LogP contribution in [-0.4, -0.2) is 11.6 Å². The van der Waals surface area contributed by atoms with Crippen LogP contribution < -0.4 is 0 Å². The van der Waals surface area contributed by atoms with Gasteiger partial charge in [-0.1, -0.05) is 81.4 Å². The zero-order chi connectivity index (χ0) is 18.4. The number of benzene rings is 2. The lowest BCUT2D eigenvalue weighted by molar-refractivity contribution is -0.118. The van der Waals surface area contributed by atoms with Crippen LogP contribution in [-0.2, 0) is 4.79 Å². The fourth-order valence-electron chi connectivity index (χ4n) is 5.06. The highest BCUT2D eigenvalue weighted by Gasteiger charge is 2.60. The van der Waals surface area contributed by atoms with Gasteiger partial charge in [0.2, 0.25) is 0 Å². The van der Waals surface area contributed by atoms with Crippen molar-refractivity contribution < 1.29 is 4.79 Å². The molecule has 2 aromatic rings. The zero-order valence-corrected chi connectivity index (χ0v) is 15.9. The Morgan fingerprint density at radius 1 is 0.962 bits per heavy atom. The average molecular weight is 345 g/mol. The van der Waals surface area contributed by atoms with Gasteiger partial charge in [-0.05, 0) is 41.7 Å². The molecule has 0 radical (unpaired) electrons. The zero-order valence-electron chi connectivity index (χ0n) is 15.9. The summed E-state index contributed by atoms with van der Waals surface area (Å²) >= 11 is 0. The molecular formula is C24H27NO. The van der Waals surface area contributed by atoms with Gasteiger partial charge in [0.25, 0.3) is 5.91 Å². The molecule has 2 aromatic carbocycles. The van der Waals surface area contributed by atoms with E-state index >= 15 is 0 Å². The summed E-state index contributed by atoms with van der Waals surface area (Å²) in [6.45, 7) is 7.01. The topological polar surface area (TPSA) is 29.4 Å². The van der Waals surface area contributed by atoms with Crippen molar-refractivity contribution in [1.82, 2.24) is 0 Å². The van der Waals surface area contributed by atoms with Crippen molar-refractivity contribution in [2.45, 2.75) is 46.0 Å². The van der Waals surface area contributed by atoms with Gasteiger partial charge in [0.05, 0.1) is 5.92 Å². The number of aliphatic imine (C=N–C) groups is 1. The van der Waals surface area contributed by atoms with E-state index in [0.29, 0.717) is 5.92 Å². The largest absolute Gasteiger partial charge is 0.272 e. The van der Waals surface area contributed by atoms with Crippen molar-refractivity contribution in [2.75, 3.05) is 0 Å². The fourth-order valence-corrected chi connectivity index (χ4v) is 5.06. The van der Waals surface area contributed by atoms with Crippen LogP contribution in [0.3, 0.4) is 0 Å². The lowest BCUT2D eigenvalue weighted by Gasteiger charge is -2.34. The van der Waals surface area contributed by atoms with Crippen molar-refractivity contribution in [2.24, 2.45) is 21.7 Å². The molecule has 4 rings (SSSR count). The van der Waals surface area contributed by atoms with Crippen LogP contribution in [0.25, 0.3) is 0 Å². The van der Waals surface area contributed by atoms with Gasteiger partial charge in [0.15, 0.2) is 0 Å². The molecule has 2 aliphatic carbocycles. The first-order valence-electron chi connectivity index (χ1n) is 9.65. The Bertz CT molecular complexity index is 798. The summed E-state index contributed by atoms with van der Waals surface area (Å²) in [6, 6.07) is 20.1. The third-order valence-corrected chi connectivity index (χ3v) is 7.27. The SMILES string of the molecule is CC12CCC(CC1=NC(=O)C(c1ccccc1)c1ccccc1)C2(C)C. The molecule has 2 heteroatoms. The first-order valence-corrected chi connectivity index (χ1v) is 9.65. The van der Waals surface area contributed by atoms with E-state index < -0.39 is 0 Å². The van der Waals surface area contributed by atoms with Gasteiger partial charge in [-0.3, -0.25) is 4.79 Å². The highest BCUT2D eigenvalue weighted by Crippen LogP contribution is 2.64. The van der Waals surface area contributed by atoms with E-state index in [0.717, 1.165) is 29.7 Å². The summed E-state index contributed by atoms with van der Waals surface area (Å²) in [6.07, 6.45) is 3.39. The number of hydrogen-bond acceptors (Lipinski definition) is 1. The van der Waals surface area contributed by atoms with Gasteiger partial charge in [0.1, 0.15) is 0 Å². The second kappa shape index (κ2) is 6.19. The molecule has 134 valence electrons. The van der Waals surface area contributed by atoms with E-state index in [4.69, 9.17) is 4.99 Å². The third-order valence-electron chi connectivity index (χ3n) is 7.27. The van der Waals surface area contributed by atoms with E-state index in [1.54, 1.807) is 0 Å². The quantitative estimate of drug-likeness (QED) is 0.708. The van der Waals surface area contributed by atoms with Gasteiger partial charge in [-0.25, -0.2) is 4.99 Å². The molecule has 2 atom stereocenters. The van der Waals surface area contributed by atoms with Crippen molar-refractivity contribution in [3.05, 3.63) is 71.8 Å². The molecule has 1 amide bonds. The molecule has 26 heavy (non-hydrogen) atoms. The van der Waals surface area contributed by atoms with E-state index in [1.165, 1.54) is 6.42 Å². The maximum absolute atomic E-state index is 13.3. The smallest absolute Gasteiger partial charge is 0.257 e. The Morgan fingerprint density at radius 3 is 1.92 bits per heavy atom. The van der Waals surface area contributed by atoms with E-state index in [2.05, 4.69) is 20.8 Å². The Labute approximate surface area is 156 Å². The summed E-state index contributed by atoms with van der Waals surface area (Å²) in [5, 5.41) is 0. The monoisotopic (exact) mass is 345 g/mol. The Hall–Kier alpha value is -2.22. The van der Waals surface area contributed by atoms with E-state index in [1.807, 2.05) is 60.7 Å². The number of rotatable bonds is 3. The standard InChI is InChI=1S/C24H27NO/c1-23(2)19-14-15-24(23,3)20(16-19)25-22(26)21(17-10-6-4-7-11-17)18-12-8-5-9-13-18/h4-13,19,21H,14-16H2,1-3H3. The van der Waals surface area contributed by atoms with Crippen molar-refractivity contribution in [1.29, 1.82) is 0 Å². The molecule has 2 saturated carbocycles. The van der Waals surface area contributed by atoms with Crippen LogP contribution in [0.2, 0.25) is 0 Å². The first kappa shape index (κ1) is 17.2. The van der Waals surface area contributed by atoms with Gasteiger partial charge in [-0.2, -0.15) is 0 Å². The third kappa shape index (κ3) is 2.55. The maximum Gasteiger partial charge on any atom is 0.257 e. The average Bonchev–Trinajstić information content (AvgIpc) is 2.97. The minimum absolute atomic E-state index is 0.0259. The Balaban J connectivity index is 1.73. The summed E-state index contributed by atoms with van der Waals surface area (Å²) in [7, 11) is 0. The normalized spacial score (nSPS) is 28.0. The second-order valence-corrected chi connectivity index (χ2v) is 8.64. The van der Waals surface area contributed by atoms with E-state index in [9.17, 15) is 4.79 Å².